The molecule has 2 heterocycles. The lowest BCUT2D eigenvalue weighted by atomic mass is 9.99. The molecular formula is C24H26O13. The van der Waals surface area contributed by atoms with Gasteiger partial charge < -0.3 is 58.7 Å². The summed E-state index contributed by atoms with van der Waals surface area (Å²) in [6, 6.07) is 5.39. The minimum Gasteiger partial charge on any atom is -0.504 e. The topological polar surface area (TPSA) is 198 Å². The number of hydrogen-bond donors (Lipinski definition) is 6. The third-order valence-corrected chi connectivity index (χ3v) is 5.98. The highest BCUT2D eigenvalue weighted by Crippen LogP contribution is 2.45. The average Bonchev–Trinajstić information content (AvgIpc) is 2.89. The molecule has 0 aliphatic carbocycles. The largest absolute Gasteiger partial charge is 0.504 e. The van der Waals surface area contributed by atoms with Crippen molar-refractivity contribution in [2.45, 2.75) is 30.7 Å². The number of aliphatic hydroxyl groups is 4. The monoisotopic (exact) mass is 522 g/mol. The van der Waals surface area contributed by atoms with Gasteiger partial charge in [0.15, 0.2) is 28.8 Å². The molecule has 200 valence electrons. The molecule has 13 nitrogen and oxygen atoms in total. The predicted octanol–water partition coefficient (Wildman–Crippen LogP) is 0.0757. The van der Waals surface area contributed by atoms with Crippen molar-refractivity contribution in [1.82, 2.24) is 0 Å². The van der Waals surface area contributed by atoms with Gasteiger partial charge in [0.25, 0.3) is 0 Å². The van der Waals surface area contributed by atoms with Crippen molar-refractivity contribution >= 4 is 11.0 Å². The molecule has 5 atom stereocenters. The lowest BCUT2D eigenvalue weighted by molar-refractivity contribution is -0.277. The zero-order valence-corrected chi connectivity index (χ0v) is 19.9. The molecule has 1 saturated heterocycles. The summed E-state index contributed by atoms with van der Waals surface area (Å²) >= 11 is 0. The molecule has 1 aliphatic rings. The molecule has 0 amide bonds. The van der Waals surface area contributed by atoms with Crippen molar-refractivity contribution in [3.8, 4) is 45.8 Å². The summed E-state index contributed by atoms with van der Waals surface area (Å²) in [5.74, 6) is -1.59. The van der Waals surface area contributed by atoms with Gasteiger partial charge in [0.1, 0.15) is 35.4 Å². The van der Waals surface area contributed by atoms with Gasteiger partial charge in [-0.2, -0.15) is 0 Å². The van der Waals surface area contributed by atoms with E-state index in [-0.39, 0.29) is 45.5 Å². The number of ether oxygens (including phenoxy) is 5. The van der Waals surface area contributed by atoms with E-state index in [4.69, 9.17) is 28.1 Å². The summed E-state index contributed by atoms with van der Waals surface area (Å²) in [5, 5.41) is 60.3. The van der Waals surface area contributed by atoms with Gasteiger partial charge >= 0.3 is 0 Å². The van der Waals surface area contributed by atoms with Crippen molar-refractivity contribution in [3.63, 3.8) is 0 Å². The Balaban J connectivity index is 1.88. The molecule has 0 spiro atoms. The molecule has 3 aromatic rings. The van der Waals surface area contributed by atoms with Crippen molar-refractivity contribution in [2.75, 3.05) is 27.9 Å². The summed E-state index contributed by atoms with van der Waals surface area (Å²) in [7, 11) is 3.78. The van der Waals surface area contributed by atoms with Crippen LogP contribution < -0.4 is 24.4 Å². The number of aromatic hydroxyl groups is 2. The first kappa shape index (κ1) is 26.3. The maximum Gasteiger partial charge on any atom is 0.239 e. The number of rotatable bonds is 7. The molecule has 1 aliphatic heterocycles. The molecular weight excluding hydrogens is 496 g/mol. The summed E-state index contributed by atoms with van der Waals surface area (Å²) in [6.45, 7) is -0.682. The predicted molar refractivity (Wildman–Crippen MR) is 125 cm³/mol. The number of benzene rings is 2. The highest BCUT2D eigenvalue weighted by Gasteiger charge is 2.45. The standard InChI is InChI=1S/C24H26O13/c1-32-11-6-9(4-5-10(11)26)21-23(34-3)18(29)15-12(35-21)7-13(22(33-2)17(15)28)36-24-20(31)19(30)16(27)14(8-25)37-24/h4-7,14,16,19-20,24-28,30-31H,8H2,1-3H3/t14-,16-,19-,20-,24+/m1/s1. The van der Waals surface area contributed by atoms with Gasteiger partial charge in [0.05, 0.1) is 27.9 Å². The van der Waals surface area contributed by atoms with Crippen LogP contribution in [-0.4, -0.2) is 89.3 Å². The van der Waals surface area contributed by atoms with Crippen molar-refractivity contribution in [2.24, 2.45) is 0 Å². The van der Waals surface area contributed by atoms with Crippen LogP contribution in [0.2, 0.25) is 0 Å². The quantitative estimate of drug-likeness (QED) is 0.244. The van der Waals surface area contributed by atoms with Gasteiger partial charge in [-0.05, 0) is 18.2 Å². The van der Waals surface area contributed by atoms with E-state index in [1.807, 2.05) is 0 Å². The number of fused-ring (bicyclic) bond motifs is 1. The lowest BCUT2D eigenvalue weighted by Crippen LogP contribution is -2.60. The fourth-order valence-corrected chi connectivity index (χ4v) is 4.05. The second-order valence-electron chi connectivity index (χ2n) is 8.13. The Morgan fingerprint density at radius 2 is 1.59 bits per heavy atom. The van der Waals surface area contributed by atoms with Crippen LogP contribution in [0, 0.1) is 0 Å². The molecule has 4 rings (SSSR count). The van der Waals surface area contributed by atoms with Crippen LogP contribution in [0.3, 0.4) is 0 Å². The minimum absolute atomic E-state index is 0.0540. The summed E-state index contributed by atoms with van der Waals surface area (Å²) < 4.78 is 32.5. The van der Waals surface area contributed by atoms with Gasteiger partial charge in [-0.25, -0.2) is 0 Å². The Labute approximate surface area is 209 Å². The van der Waals surface area contributed by atoms with E-state index in [0.29, 0.717) is 5.56 Å². The molecule has 13 heteroatoms. The van der Waals surface area contributed by atoms with E-state index in [1.54, 1.807) is 0 Å². The van der Waals surface area contributed by atoms with Crippen LogP contribution in [0.5, 0.6) is 34.5 Å². The second kappa shape index (κ2) is 10.3. The molecule has 37 heavy (non-hydrogen) atoms. The van der Waals surface area contributed by atoms with Crippen molar-refractivity contribution in [3.05, 3.63) is 34.5 Å². The van der Waals surface area contributed by atoms with E-state index >= 15 is 0 Å². The highest BCUT2D eigenvalue weighted by molar-refractivity contribution is 5.91. The van der Waals surface area contributed by atoms with Crippen molar-refractivity contribution in [1.29, 1.82) is 0 Å². The Morgan fingerprint density at radius 1 is 0.892 bits per heavy atom. The molecule has 1 aromatic heterocycles. The summed E-state index contributed by atoms with van der Waals surface area (Å²) in [4.78, 5) is 13.3. The molecule has 0 radical (unpaired) electrons. The van der Waals surface area contributed by atoms with Crippen LogP contribution in [0.4, 0.5) is 0 Å². The Morgan fingerprint density at radius 3 is 2.22 bits per heavy atom. The van der Waals surface area contributed by atoms with Gasteiger partial charge in [0.2, 0.25) is 23.2 Å². The average molecular weight is 522 g/mol. The smallest absolute Gasteiger partial charge is 0.239 e. The van der Waals surface area contributed by atoms with Crippen LogP contribution in [-0.2, 0) is 4.74 Å². The van der Waals surface area contributed by atoms with Crippen LogP contribution in [0.1, 0.15) is 0 Å². The van der Waals surface area contributed by atoms with Crippen LogP contribution in [0.25, 0.3) is 22.3 Å². The number of methoxy groups -OCH3 is 3. The van der Waals surface area contributed by atoms with E-state index in [0.717, 1.165) is 0 Å². The second-order valence-corrected chi connectivity index (χ2v) is 8.13. The fraction of sp³-hybridized carbons (Fsp3) is 0.375. The summed E-state index contributed by atoms with van der Waals surface area (Å²) in [5.41, 5.74) is -0.621. The van der Waals surface area contributed by atoms with Crippen LogP contribution in [0.15, 0.2) is 33.5 Å². The number of hydrogen-bond acceptors (Lipinski definition) is 13. The Kier molecular flexibility index (Phi) is 7.34. The summed E-state index contributed by atoms with van der Waals surface area (Å²) in [6.07, 6.45) is -7.92. The van der Waals surface area contributed by atoms with Gasteiger partial charge in [-0.3, -0.25) is 4.79 Å². The Bertz CT molecular complexity index is 1350. The number of phenolic OH excluding ortho intramolecular Hbond substituents is 2. The van der Waals surface area contributed by atoms with Crippen molar-refractivity contribution < 1.29 is 58.7 Å². The third kappa shape index (κ3) is 4.47. The third-order valence-electron chi connectivity index (χ3n) is 5.98. The first-order chi connectivity index (χ1) is 17.7. The Hall–Kier alpha value is -3.75. The molecule has 6 N–H and O–H groups in total. The van der Waals surface area contributed by atoms with E-state index in [2.05, 4.69) is 0 Å². The zero-order valence-electron chi connectivity index (χ0n) is 19.9. The maximum absolute atomic E-state index is 13.3. The van der Waals surface area contributed by atoms with Gasteiger partial charge in [0, 0.05) is 11.6 Å². The molecule has 2 aromatic carbocycles. The first-order valence-electron chi connectivity index (χ1n) is 11.0. The molecule has 1 fully saturated rings. The first-order valence-corrected chi connectivity index (χ1v) is 11.0. The number of aliphatic hydroxyl groups excluding tert-OH is 4. The van der Waals surface area contributed by atoms with E-state index in [9.17, 15) is 35.4 Å². The normalized spacial score (nSPS) is 23.6. The van der Waals surface area contributed by atoms with Gasteiger partial charge in [-0.15, -0.1) is 0 Å². The zero-order chi connectivity index (χ0) is 27.0. The SMILES string of the molecule is COc1cc(-c2oc3cc(O[C@H]4O[C@H](CO)[C@@H](O)[C@@H](O)[C@H]4O)c(OC)c(O)c3c(=O)c2OC)ccc1O. The lowest BCUT2D eigenvalue weighted by Gasteiger charge is -2.39. The maximum atomic E-state index is 13.3. The van der Waals surface area contributed by atoms with E-state index in [1.165, 1.54) is 45.6 Å². The molecule has 0 saturated carbocycles. The van der Waals surface area contributed by atoms with E-state index < -0.39 is 48.5 Å². The molecule has 0 unspecified atom stereocenters. The number of phenols is 2. The minimum atomic E-state index is -1.75. The van der Waals surface area contributed by atoms with Crippen LogP contribution >= 0.6 is 0 Å². The fourth-order valence-electron chi connectivity index (χ4n) is 4.05. The molecule has 0 bridgehead atoms. The highest BCUT2D eigenvalue weighted by atomic mass is 16.7. The van der Waals surface area contributed by atoms with Gasteiger partial charge in [-0.1, -0.05) is 0 Å².